The number of nitrogens with zero attached hydrogens (tertiary/aromatic N) is 1. The third-order valence-electron chi connectivity index (χ3n) is 4.68. The molecule has 140 valence electrons. The van der Waals surface area contributed by atoms with Gasteiger partial charge in [-0.25, -0.2) is 0 Å². The summed E-state index contributed by atoms with van der Waals surface area (Å²) in [6.45, 7) is 7.82. The number of ether oxygens (including phenoxy) is 2. The van der Waals surface area contributed by atoms with Gasteiger partial charge in [0.2, 0.25) is 0 Å². The van der Waals surface area contributed by atoms with Crippen LogP contribution in [0.25, 0.3) is 0 Å². The van der Waals surface area contributed by atoms with E-state index in [2.05, 4.69) is 20.8 Å². The SMILES string of the molecule is COCc1ccc(C(=O)N2C[C@@H](c3ccccc3)O[C@@H](C(C)(C)C)C2)o1. The molecule has 0 spiro atoms. The van der Waals surface area contributed by atoms with E-state index in [-0.39, 0.29) is 23.5 Å². The summed E-state index contributed by atoms with van der Waals surface area (Å²) in [5.41, 5.74) is 1.01. The van der Waals surface area contributed by atoms with Gasteiger partial charge in [0, 0.05) is 13.7 Å². The minimum Gasteiger partial charge on any atom is -0.453 e. The molecule has 1 aromatic heterocycles. The van der Waals surface area contributed by atoms with Gasteiger partial charge in [0.1, 0.15) is 18.5 Å². The van der Waals surface area contributed by atoms with Gasteiger partial charge in [0.05, 0.1) is 12.6 Å². The van der Waals surface area contributed by atoms with E-state index in [1.807, 2.05) is 35.2 Å². The molecule has 0 saturated carbocycles. The first kappa shape index (κ1) is 18.7. The van der Waals surface area contributed by atoms with Crippen LogP contribution in [0, 0.1) is 5.41 Å². The van der Waals surface area contributed by atoms with Crippen LogP contribution in [0.2, 0.25) is 0 Å². The van der Waals surface area contributed by atoms with Gasteiger partial charge in [0.25, 0.3) is 5.91 Å². The molecule has 2 atom stereocenters. The summed E-state index contributed by atoms with van der Waals surface area (Å²) in [5.74, 6) is 0.889. The number of carbonyl (C=O) groups is 1. The molecule has 0 N–H and O–H groups in total. The molecule has 1 fully saturated rings. The molecule has 0 radical (unpaired) electrons. The number of hydrogen-bond donors (Lipinski definition) is 0. The summed E-state index contributed by atoms with van der Waals surface area (Å²) in [5, 5.41) is 0. The van der Waals surface area contributed by atoms with Gasteiger partial charge in [-0.05, 0) is 23.1 Å². The molecule has 0 aliphatic carbocycles. The summed E-state index contributed by atoms with van der Waals surface area (Å²) in [6.07, 6.45) is -0.203. The molecule has 0 bridgehead atoms. The lowest BCUT2D eigenvalue weighted by molar-refractivity contribution is -0.119. The highest BCUT2D eigenvalue weighted by atomic mass is 16.5. The zero-order chi connectivity index (χ0) is 18.7. The van der Waals surface area contributed by atoms with Crippen molar-refractivity contribution in [1.82, 2.24) is 4.90 Å². The Hall–Kier alpha value is -2.11. The molecule has 1 saturated heterocycles. The highest BCUT2D eigenvalue weighted by Gasteiger charge is 2.38. The van der Waals surface area contributed by atoms with Gasteiger partial charge in [-0.3, -0.25) is 4.79 Å². The molecule has 0 unspecified atom stereocenters. The van der Waals surface area contributed by atoms with E-state index in [1.165, 1.54) is 0 Å². The van der Waals surface area contributed by atoms with Crippen LogP contribution in [-0.2, 0) is 16.1 Å². The van der Waals surface area contributed by atoms with Crippen molar-refractivity contribution < 1.29 is 18.7 Å². The van der Waals surface area contributed by atoms with E-state index >= 15 is 0 Å². The maximum Gasteiger partial charge on any atom is 0.289 e. The average molecular weight is 357 g/mol. The van der Waals surface area contributed by atoms with Gasteiger partial charge >= 0.3 is 0 Å². The van der Waals surface area contributed by atoms with Crippen molar-refractivity contribution in [2.45, 2.75) is 39.6 Å². The van der Waals surface area contributed by atoms with Crippen molar-refractivity contribution in [3.8, 4) is 0 Å². The van der Waals surface area contributed by atoms with Gasteiger partial charge in [-0.15, -0.1) is 0 Å². The van der Waals surface area contributed by atoms with Crippen molar-refractivity contribution in [3.05, 3.63) is 59.5 Å². The predicted molar refractivity (Wildman–Crippen MR) is 98.8 cm³/mol. The summed E-state index contributed by atoms with van der Waals surface area (Å²) in [6, 6.07) is 13.6. The number of carbonyl (C=O) groups excluding carboxylic acids is 1. The number of furan rings is 1. The molecule has 2 heterocycles. The van der Waals surface area contributed by atoms with E-state index in [9.17, 15) is 4.79 Å². The van der Waals surface area contributed by atoms with E-state index in [0.717, 1.165) is 5.56 Å². The molecule has 1 aliphatic rings. The minimum absolute atomic E-state index is 0.0567. The monoisotopic (exact) mass is 357 g/mol. The van der Waals surface area contributed by atoms with E-state index < -0.39 is 0 Å². The summed E-state index contributed by atoms with van der Waals surface area (Å²) in [4.78, 5) is 14.8. The van der Waals surface area contributed by atoms with Gasteiger partial charge in [-0.2, -0.15) is 0 Å². The van der Waals surface area contributed by atoms with E-state index in [0.29, 0.717) is 31.2 Å². The lowest BCUT2D eigenvalue weighted by Gasteiger charge is -2.43. The first-order chi connectivity index (χ1) is 12.4. The normalized spacial score (nSPS) is 21.0. The molecule has 26 heavy (non-hydrogen) atoms. The molecule has 3 rings (SSSR count). The second kappa shape index (κ2) is 7.64. The molecular weight excluding hydrogens is 330 g/mol. The van der Waals surface area contributed by atoms with Crippen molar-refractivity contribution in [2.75, 3.05) is 20.2 Å². The standard InChI is InChI=1S/C21H27NO4/c1-21(2,3)19-13-22(12-18(26-19)15-8-6-5-7-9-15)20(23)17-11-10-16(25-17)14-24-4/h5-11,18-19H,12-14H2,1-4H3/t18-,19+/m0/s1. The van der Waals surface area contributed by atoms with Crippen LogP contribution in [0.3, 0.4) is 0 Å². The average Bonchev–Trinajstić information content (AvgIpc) is 3.10. The summed E-state index contributed by atoms with van der Waals surface area (Å²) in [7, 11) is 1.60. The lowest BCUT2D eigenvalue weighted by Crippen LogP contribution is -2.51. The van der Waals surface area contributed by atoms with Crippen molar-refractivity contribution in [1.29, 1.82) is 0 Å². The van der Waals surface area contributed by atoms with Crippen LogP contribution in [0.15, 0.2) is 46.9 Å². The zero-order valence-electron chi connectivity index (χ0n) is 15.9. The Labute approximate surface area is 154 Å². The Morgan fingerprint density at radius 3 is 2.54 bits per heavy atom. The van der Waals surface area contributed by atoms with Crippen molar-refractivity contribution >= 4 is 5.91 Å². The number of amides is 1. The quantitative estimate of drug-likeness (QED) is 0.828. The molecule has 5 nitrogen and oxygen atoms in total. The first-order valence-electron chi connectivity index (χ1n) is 8.96. The number of methoxy groups -OCH3 is 1. The fourth-order valence-electron chi connectivity index (χ4n) is 3.12. The van der Waals surface area contributed by atoms with Crippen LogP contribution in [0.5, 0.6) is 0 Å². The van der Waals surface area contributed by atoms with Crippen molar-refractivity contribution in [2.24, 2.45) is 5.41 Å². The molecule has 1 amide bonds. The first-order valence-corrected chi connectivity index (χ1v) is 8.96. The van der Waals surface area contributed by atoms with Crippen LogP contribution >= 0.6 is 0 Å². The van der Waals surface area contributed by atoms with Crippen LogP contribution in [-0.4, -0.2) is 37.1 Å². The summed E-state index contributed by atoms with van der Waals surface area (Å²) < 4.78 is 17.1. The molecule has 1 aromatic carbocycles. The minimum atomic E-state index is -0.147. The fourth-order valence-corrected chi connectivity index (χ4v) is 3.12. The number of benzene rings is 1. The van der Waals surface area contributed by atoms with Gasteiger partial charge in [-0.1, -0.05) is 51.1 Å². The van der Waals surface area contributed by atoms with E-state index in [1.54, 1.807) is 19.2 Å². The summed E-state index contributed by atoms with van der Waals surface area (Å²) >= 11 is 0. The Morgan fingerprint density at radius 2 is 1.88 bits per heavy atom. The van der Waals surface area contributed by atoms with Crippen molar-refractivity contribution in [3.63, 3.8) is 0 Å². The number of rotatable bonds is 4. The van der Waals surface area contributed by atoms with E-state index in [4.69, 9.17) is 13.9 Å². The smallest absolute Gasteiger partial charge is 0.289 e. The molecule has 5 heteroatoms. The largest absolute Gasteiger partial charge is 0.453 e. The molecule has 1 aliphatic heterocycles. The zero-order valence-corrected chi connectivity index (χ0v) is 15.9. The Bertz CT molecular complexity index is 732. The highest BCUT2D eigenvalue weighted by Crippen LogP contribution is 2.34. The van der Waals surface area contributed by atoms with Gasteiger partial charge in [0.15, 0.2) is 5.76 Å². The third kappa shape index (κ3) is 4.17. The number of hydrogen-bond acceptors (Lipinski definition) is 4. The topological polar surface area (TPSA) is 51.9 Å². The third-order valence-corrected chi connectivity index (χ3v) is 4.68. The molecule has 2 aromatic rings. The van der Waals surface area contributed by atoms with Crippen LogP contribution in [0.4, 0.5) is 0 Å². The number of morpholine rings is 1. The Morgan fingerprint density at radius 1 is 1.15 bits per heavy atom. The second-order valence-electron chi connectivity index (χ2n) is 7.80. The Kier molecular flexibility index (Phi) is 5.49. The highest BCUT2D eigenvalue weighted by molar-refractivity contribution is 5.91. The maximum absolute atomic E-state index is 13.0. The Balaban J connectivity index is 1.83. The van der Waals surface area contributed by atoms with Gasteiger partial charge < -0.3 is 18.8 Å². The fraction of sp³-hybridized carbons (Fsp3) is 0.476. The second-order valence-corrected chi connectivity index (χ2v) is 7.80. The van der Waals surface area contributed by atoms with Crippen LogP contribution < -0.4 is 0 Å². The van der Waals surface area contributed by atoms with Crippen LogP contribution in [0.1, 0.15) is 48.8 Å². The maximum atomic E-state index is 13.0. The predicted octanol–water partition coefficient (Wildman–Crippen LogP) is 4.05. The molecular formula is C21H27NO4. The lowest BCUT2D eigenvalue weighted by atomic mass is 9.87.